The first-order chi connectivity index (χ1) is 13.5. The van der Waals surface area contributed by atoms with Crippen LogP contribution in [-0.2, 0) is 5.41 Å². The first-order valence-electron chi connectivity index (χ1n) is 9.22. The molecule has 0 bridgehead atoms. The number of benzene rings is 2. The highest BCUT2D eigenvalue weighted by atomic mass is 32.1. The monoisotopic (exact) mass is 394 g/mol. The van der Waals surface area contributed by atoms with E-state index in [9.17, 15) is 4.79 Å². The van der Waals surface area contributed by atoms with Gasteiger partial charge in [0.2, 0.25) is 0 Å². The maximum absolute atomic E-state index is 12.6. The second-order valence-electron chi connectivity index (χ2n) is 7.32. The van der Waals surface area contributed by atoms with Crippen LogP contribution in [0.2, 0.25) is 0 Å². The Hall–Kier alpha value is -2.86. The molecule has 144 valence electrons. The third-order valence-corrected chi connectivity index (χ3v) is 5.81. The number of amides is 1. The van der Waals surface area contributed by atoms with Gasteiger partial charge in [-0.25, -0.2) is 4.98 Å². The van der Waals surface area contributed by atoms with E-state index in [1.165, 1.54) is 11.3 Å². The van der Waals surface area contributed by atoms with E-state index in [2.05, 4.69) is 24.1 Å². The molecule has 0 unspecified atom stereocenters. The average molecular weight is 394 g/mol. The van der Waals surface area contributed by atoms with E-state index in [-0.39, 0.29) is 11.3 Å². The van der Waals surface area contributed by atoms with Gasteiger partial charge < -0.3 is 14.8 Å². The molecule has 0 saturated carbocycles. The molecule has 2 heterocycles. The molecule has 1 aliphatic heterocycles. The normalized spacial score (nSPS) is 13.2. The van der Waals surface area contributed by atoms with Crippen LogP contribution in [0.4, 0.5) is 0 Å². The van der Waals surface area contributed by atoms with Crippen LogP contribution in [0, 0.1) is 0 Å². The quantitative estimate of drug-likeness (QED) is 0.701. The van der Waals surface area contributed by atoms with E-state index < -0.39 is 0 Å². The number of ether oxygens (including phenoxy) is 2. The Morgan fingerprint density at radius 2 is 1.86 bits per heavy atom. The van der Waals surface area contributed by atoms with Gasteiger partial charge in [0.1, 0.15) is 23.1 Å². The number of rotatable bonds is 5. The minimum absolute atomic E-state index is 0.106. The Bertz CT molecular complexity index is 982. The van der Waals surface area contributed by atoms with E-state index in [4.69, 9.17) is 9.47 Å². The van der Waals surface area contributed by atoms with Crippen LogP contribution in [0.25, 0.3) is 10.6 Å². The summed E-state index contributed by atoms with van der Waals surface area (Å²) in [4.78, 5) is 17.6. The molecule has 1 amide bonds. The third kappa shape index (κ3) is 3.87. The fourth-order valence-electron chi connectivity index (χ4n) is 3.05. The number of thiazole rings is 1. The lowest BCUT2D eigenvalue weighted by Gasteiger charge is -2.27. The van der Waals surface area contributed by atoms with Crippen LogP contribution in [0.5, 0.6) is 11.5 Å². The highest BCUT2D eigenvalue weighted by Crippen LogP contribution is 2.35. The molecule has 6 heteroatoms. The summed E-state index contributed by atoms with van der Waals surface area (Å²) in [5.74, 6) is 1.43. The summed E-state index contributed by atoms with van der Waals surface area (Å²) in [6.45, 7) is 5.83. The zero-order valence-corrected chi connectivity index (χ0v) is 16.7. The van der Waals surface area contributed by atoms with Gasteiger partial charge in [-0.3, -0.25) is 4.79 Å². The van der Waals surface area contributed by atoms with Gasteiger partial charge >= 0.3 is 0 Å². The summed E-state index contributed by atoms with van der Waals surface area (Å²) in [6, 6.07) is 15.8. The molecule has 0 fully saturated rings. The number of fused-ring (bicyclic) bond motifs is 1. The lowest BCUT2D eigenvalue weighted by atomic mass is 9.84. The molecule has 3 aromatic rings. The van der Waals surface area contributed by atoms with Crippen molar-refractivity contribution in [2.75, 3.05) is 19.8 Å². The fraction of sp³-hybridized carbons (Fsp3) is 0.273. The molecular weight excluding hydrogens is 372 g/mol. The summed E-state index contributed by atoms with van der Waals surface area (Å²) in [6.07, 6.45) is 1.64. The Morgan fingerprint density at radius 3 is 2.64 bits per heavy atom. The standard InChI is InChI=1S/C22H22N2O3S/c1-22(2,16-8-9-17-18(12-16)27-11-10-26-17)14-24-20(25)19-13-23-21(28-19)15-6-4-3-5-7-15/h3-9,12-13H,10-11,14H2,1-2H3,(H,24,25). The summed E-state index contributed by atoms with van der Waals surface area (Å²) in [7, 11) is 0. The number of nitrogens with one attached hydrogen (secondary N) is 1. The predicted molar refractivity (Wildman–Crippen MR) is 110 cm³/mol. The van der Waals surface area contributed by atoms with Crippen molar-refractivity contribution in [2.45, 2.75) is 19.3 Å². The average Bonchev–Trinajstić information content (AvgIpc) is 3.23. The number of carbonyl (C=O) groups is 1. The van der Waals surface area contributed by atoms with Crippen molar-refractivity contribution in [3.05, 3.63) is 65.2 Å². The van der Waals surface area contributed by atoms with Crippen molar-refractivity contribution in [1.82, 2.24) is 10.3 Å². The number of hydrogen-bond donors (Lipinski definition) is 1. The fourth-order valence-corrected chi connectivity index (χ4v) is 3.89. The molecule has 5 nitrogen and oxygen atoms in total. The van der Waals surface area contributed by atoms with Gasteiger partial charge in [-0.2, -0.15) is 0 Å². The van der Waals surface area contributed by atoms with Gasteiger partial charge in [0.15, 0.2) is 11.5 Å². The first-order valence-corrected chi connectivity index (χ1v) is 10.0. The maximum Gasteiger partial charge on any atom is 0.263 e. The van der Waals surface area contributed by atoms with E-state index in [1.807, 2.05) is 48.5 Å². The number of aromatic nitrogens is 1. The Morgan fingerprint density at radius 1 is 1.11 bits per heavy atom. The topological polar surface area (TPSA) is 60.5 Å². The molecule has 1 aliphatic rings. The van der Waals surface area contributed by atoms with Crippen molar-refractivity contribution in [1.29, 1.82) is 0 Å². The summed E-state index contributed by atoms with van der Waals surface area (Å²) in [5, 5.41) is 3.89. The lowest BCUT2D eigenvalue weighted by molar-refractivity contribution is 0.0949. The van der Waals surface area contributed by atoms with E-state index in [0.29, 0.717) is 24.6 Å². The SMILES string of the molecule is CC(C)(CNC(=O)c1cnc(-c2ccccc2)s1)c1ccc2c(c1)OCCO2. The van der Waals surface area contributed by atoms with Gasteiger partial charge in [-0.1, -0.05) is 50.2 Å². The van der Waals surface area contributed by atoms with Gasteiger partial charge in [-0.05, 0) is 17.7 Å². The largest absolute Gasteiger partial charge is 0.486 e. The molecule has 0 saturated heterocycles. The summed E-state index contributed by atoms with van der Waals surface area (Å²) < 4.78 is 11.3. The van der Waals surface area contributed by atoms with Gasteiger partial charge in [0, 0.05) is 17.5 Å². The van der Waals surface area contributed by atoms with Crippen molar-refractivity contribution in [2.24, 2.45) is 0 Å². The lowest BCUT2D eigenvalue weighted by Crippen LogP contribution is -2.36. The van der Waals surface area contributed by atoms with Crippen LogP contribution < -0.4 is 14.8 Å². The number of hydrogen-bond acceptors (Lipinski definition) is 5. The van der Waals surface area contributed by atoms with Gasteiger partial charge in [-0.15, -0.1) is 11.3 Å². The van der Waals surface area contributed by atoms with Crippen molar-refractivity contribution < 1.29 is 14.3 Å². The highest BCUT2D eigenvalue weighted by molar-refractivity contribution is 7.16. The van der Waals surface area contributed by atoms with Gasteiger partial charge in [0.05, 0.1) is 6.20 Å². The highest BCUT2D eigenvalue weighted by Gasteiger charge is 2.25. The smallest absolute Gasteiger partial charge is 0.263 e. The van der Waals surface area contributed by atoms with E-state index in [1.54, 1.807) is 6.20 Å². The molecule has 0 spiro atoms. The molecule has 0 atom stereocenters. The zero-order valence-electron chi connectivity index (χ0n) is 15.9. The molecule has 4 rings (SSSR count). The van der Waals surface area contributed by atoms with Crippen molar-refractivity contribution >= 4 is 17.2 Å². The van der Waals surface area contributed by atoms with Crippen LogP contribution in [0.15, 0.2) is 54.7 Å². The number of nitrogens with zero attached hydrogens (tertiary/aromatic N) is 1. The number of carbonyl (C=O) groups excluding carboxylic acids is 1. The molecule has 1 N–H and O–H groups in total. The molecule has 2 aromatic carbocycles. The predicted octanol–water partition coefficient (Wildman–Crippen LogP) is 4.29. The van der Waals surface area contributed by atoms with Gasteiger partial charge in [0.25, 0.3) is 5.91 Å². The summed E-state index contributed by atoms with van der Waals surface area (Å²) >= 11 is 1.40. The second-order valence-corrected chi connectivity index (χ2v) is 8.35. The molecule has 0 aliphatic carbocycles. The first kappa shape index (κ1) is 18.5. The van der Waals surface area contributed by atoms with Crippen molar-refractivity contribution in [3.63, 3.8) is 0 Å². The zero-order chi connectivity index (χ0) is 19.6. The summed E-state index contributed by atoms with van der Waals surface area (Å²) in [5.41, 5.74) is 1.85. The Kier molecular flexibility index (Phi) is 5.05. The van der Waals surface area contributed by atoms with E-state index >= 15 is 0 Å². The molecular formula is C22H22N2O3S. The molecule has 28 heavy (non-hydrogen) atoms. The van der Waals surface area contributed by atoms with Crippen LogP contribution in [-0.4, -0.2) is 30.6 Å². The second kappa shape index (κ2) is 7.64. The Labute approximate surface area is 168 Å². The minimum Gasteiger partial charge on any atom is -0.486 e. The molecule has 1 aromatic heterocycles. The van der Waals surface area contributed by atoms with Crippen molar-refractivity contribution in [3.8, 4) is 22.1 Å². The van der Waals surface area contributed by atoms with Crippen LogP contribution in [0.1, 0.15) is 29.1 Å². The minimum atomic E-state index is -0.252. The maximum atomic E-state index is 12.6. The van der Waals surface area contributed by atoms with Crippen LogP contribution in [0.3, 0.4) is 0 Å². The Balaban J connectivity index is 1.43. The molecule has 0 radical (unpaired) electrons. The third-order valence-electron chi connectivity index (χ3n) is 4.76. The van der Waals surface area contributed by atoms with E-state index in [0.717, 1.165) is 27.6 Å². The van der Waals surface area contributed by atoms with Crippen LogP contribution >= 0.6 is 11.3 Å².